The van der Waals surface area contributed by atoms with Crippen molar-refractivity contribution in [2.24, 2.45) is 0 Å². The summed E-state index contributed by atoms with van der Waals surface area (Å²) < 4.78 is 0. The van der Waals surface area contributed by atoms with Crippen LogP contribution in [0.2, 0.25) is 5.02 Å². The molecule has 1 aromatic carbocycles. The van der Waals surface area contributed by atoms with Crippen molar-refractivity contribution in [2.75, 3.05) is 6.54 Å². The number of hydrogen-bond acceptors (Lipinski definition) is 1. The second-order valence-electron chi connectivity index (χ2n) is 4.92. The molecule has 2 rings (SSSR count). The van der Waals surface area contributed by atoms with Crippen LogP contribution in [0.15, 0.2) is 24.3 Å². The first kappa shape index (κ1) is 12.4. The fraction of sp³-hybridized carbons (Fsp3) is 0.500. The van der Waals surface area contributed by atoms with E-state index in [4.69, 9.17) is 11.6 Å². The van der Waals surface area contributed by atoms with Crippen molar-refractivity contribution in [3.8, 4) is 0 Å². The average Bonchev–Trinajstić information content (AvgIpc) is 2.29. The Morgan fingerprint density at radius 2 is 1.94 bits per heavy atom. The number of hydrogen-bond donors (Lipinski definition) is 0. The van der Waals surface area contributed by atoms with Crippen LogP contribution in [0.4, 0.5) is 0 Å². The molecule has 0 aliphatic carbocycles. The molecule has 2 nitrogen and oxygen atoms in total. The van der Waals surface area contributed by atoms with Gasteiger partial charge in [0.2, 0.25) is 5.91 Å². The van der Waals surface area contributed by atoms with Crippen molar-refractivity contribution in [1.29, 1.82) is 0 Å². The van der Waals surface area contributed by atoms with Crippen molar-refractivity contribution < 1.29 is 4.79 Å². The van der Waals surface area contributed by atoms with Crippen LogP contribution < -0.4 is 0 Å². The van der Waals surface area contributed by atoms with Gasteiger partial charge in [0.1, 0.15) is 0 Å². The second-order valence-corrected chi connectivity index (χ2v) is 5.36. The standard InChI is InChI=1S/C14H18ClNO/c1-10(2)16-8-7-12(9-14(16)17)11-3-5-13(15)6-4-11/h3-6,10,12H,7-9H2,1-2H3. The van der Waals surface area contributed by atoms with Crippen LogP contribution in [0.3, 0.4) is 0 Å². The minimum absolute atomic E-state index is 0.270. The molecule has 1 aliphatic rings. The van der Waals surface area contributed by atoms with E-state index < -0.39 is 0 Å². The van der Waals surface area contributed by atoms with E-state index in [9.17, 15) is 4.79 Å². The minimum atomic E-state index is 0.270. The van der Waals surface area contributed by atoms with Gasteiger partial charge in [0, 0.05) is 24.0 Å². The number of amides is 1. The van der Waals surface area contributed by atoms with E-state index in [1.165, 1.54) is 5.56 Å². The zero-order valence-corrected chi connectivity index (χ0v) is 11.1. The zero-order valence-electron chi connectivity index (χ0n) is 10.3. The number of carbonyl (C=O) groups excluding carboxylic acids is 1. The van der Waals surface area contributed by atoms with Crippen molar-refractivity contribution in [3.05, 3.63) is 34.9 Å². The smallest absolute Gasteiger partial charge is 0.223 e. The molecule has 1 aliphatic heterocycles. The Hall–Kier alpha value is -1.02. The third-order valence-electron chi connectivity index (χ3n) is 3.42. The summed E-state index contributed by atoms with van der Waals surface area (Å²) in [6.07, 6.45) is 1.67. The predicted molar refractivity (Wildman–Crippen MR) is 70.3 cm³/mol. The van der Waals surface area contributed by atoms with Crippen LogP contribution in [-0.4, -0.2) is 23.4 Å². The molecular weight excluding hydrogens is 234 g/mol. The molecule has 3 heteroatoms. The lowest BCUT2D eigenvalue weighted by Crippen LogP contribution is -2.42. The van der Waals surface area contributed by atoms with Gasteiger partial charge in [-0.15, -0.1) is 0 Å². The number of piperidine rings is 1. The summed E-state index contributed by atoms with van der Waals surface area (Å²) in [5.74, 6) is 0.626. The number of benzene rings is 1. The van der Waals surface area contributed by atoms with Gasteiger partial charge in [-0.3, -0.25) is 4.79 Å². The molecule has 1 saturated heterocycles. The summed E-state index contributed by atoms with van der Waals surface area (Å²) in [6, 6.07) is 8.18. The molecule has 17 heavy (non-hydrogen) atoms. The molecule has 1 aromatic rings. The number of likely N-dealkylation sites (tertiary alicyclic amines) is 1. The maximum absolute atomic E-state index is 12.0. The Balaban J connectivity index is 2.07. The summed E-state index contributed by atoms with van der Waals surface area (Å²) in [5, 5.41) is 0.750. The van der Waals surface area contributed by atoms with E-state index in [0.29, 0.717) is 18.4 Å². The molecule has 0 radical (unpaired) electrons. The number of halogens is 1. The first-order valence-corrected chi connectivity index (χ1v) is 6.50. The maximum atomic E-state index is 12.0. The van der Waals surface area contributed by atoms with Crippen LogP contribution >= 0.6 is 11.6 Å². The monoisotopic (exact) mass is 251 g/mol. The third-order valence-corrected chi connectivity index (χ3v) is 3.68. The van der Waals surface area contributed by atoms with E-state index in [2.05, 4.69) is 13.8 Å². The Kier molecular flexibility index (Phi) is 3.72. The van der Waals surface area contributed by atoms with Crippen LogP contribution in [0.1, 0.15) is 38.2 Å². The molecule has 92 valence electrons. The van der Waals surface area contributed by atoms with Crippen LogP contribution in [0.5, 0.6) is 0 Å². The van der Waals surface area contributed by atoms with E-state index in [0.717, 1.165) is 18.0 Å². The Morgan fingerprint density at radius 1 is 1.29 bits per heavy atom. The second kappa shape index (κ2) is 5.09. The summed E-state index contributed by atoms with van der Waals surface area (Å²) in [5.41, 5.74) is 1.23. The maximum Gasteiger partial charge on any atom is 0.223 e. The molecule has 0 N–H and O–H groups in total. The molecule has 0 bridgehead atoms. The van der Waals surface area contributed by atoms with Gasteiger partial charge in [0.25, 0.3) is 0 Å². The highest BCUT2D eigenvalue weighted by Crippen LogP contribution is 2.30. The van der Waals surface area contributed by atoms with Crippen molar-refractivity contribution in [2.45, 2.75) is 38.6 Å². The van der Waals surface area contributed by atoms with Gasteiger partial charge < -0.3 is 4.90 Å². The Labute approximate surface area is 108 Å². The highest BCUT2D eigenvalue weighted by Gasteiger charge is 2.27. The largest absolute Gasteiger partial charge is 0.340 e. The molecular formula is C14H18ClNO. The summed E-state index contributed by atoms with van der Waals surface area (Å²) in [4.78, 5) is 14.0. The molecule has 1 heterocycles. The number of rotatable bonds is 2. The lowest BCUT2D eigenvalue weighted by atomic mass is 9.88. The van der Waals surface area contributed by atoms with Gasteiger partial charge in [-0.05, 0) is 43.9 Å². The average molecular weight is 252 g/mol. The zero-order chi connectivity index (χ0) is 12.4. The number of nitrogens with zero attached hydrogens (tertiary/aromatic N) is 1. The van der Waals surface area contributed by atoms with Gasteiger partial charge in [0.05, 0.1) is 0 Å². The Morgan fingerprint density at radius 3 is 2.47 bits per heavy atom. The molecule has 0 aromatic heterocycles. The fourth-order valence-corrected chi connectivity index (χ4v) is 2.54. The van der Waals surface area contributed by atoms with Gasteiger partial charge in [-0.25, -0.2) is 0 Å². The topological polar surface area (TPSA) is 20.3 Å². The normalized spacial score (nSPS) is 21.1. The Bertz CT molecular complexity index is 399. The van der Waals surface area contributed by atoms with Gasteiger partial charge in [-0.2, -0.15) is 0 Å². The molecule has 1 amide bonds. The van der Waals surface area contributed by atoms with E-state index in [1.54, 1.807) is 0 Å². The first-order chi connectivity index (χ1) is 8.08. The molecule has 1 fully saturated rings. The summed E-state index contributed by atoms with van der Waals surface area (Å²) in [6.45, 7) is 5.00. The molecule has 0 saturated carbocycles. The molecule has 1 atom stereocenters. The van der Waals surface area contributed by atoms with Crippen molar-refractivity contribution in [1.82, 2.24) is 4.90 Å². The number of carbonyl (C=O) groups is 1. The molecule has 1 unspecified atom stereocenters. The van der Waals surface area contributed by atoms with E-state index >= 15 is 0 Å². The minimum Gasteiger partial charge on any atom is -0.340 e. The summed E-state index contributed by atoms with van der Waals surface area (Å²) in [7, 11) is 0. The van der Waals surface area contributed by atoms with Crippen LogP contribution in [0, 0.1) is 0 Å². The first-order valence-electron chi connectivity index (χ1n) is 6.13. The van der Waals surface area contributed by atoms with E-state index in [1.807, 2.05) is 29.2 Å². The van der Waals surface area contributed by atoms with Crippen molar-refractivity contribution >= 4 is 17.5 Å². The quantitative estimate of drug-likeness (QED) is 0.788. The summed E-state index contributed by atoms with van der Waals surface area (Å²) >= 11 is 5.87. The van der Waals surface area contributed by atoms with Crippen molar-refractivity contribution in [3.63, 3.8) is 0 Å². The van der Waals surface area contributed by atoms with Crippen LogP contribution in [0.25, 0.3) is 0 Å². The van der Waals surface area contributed by atoms with Crippen LogP contribution in [-0.2, 0) is 4.79 Å². The highest BCUT2D eigenvalue weighted by atomic mass is 35.5. The van der Waals surface area contributed by atoms with E-state index in [-0.39, 0.29) is 5.91 Å². The third kappa shape index (κ3) is 2.81. The lowest BCUT2D eigenvalue weighted by Gasteiger charge is -2.34. The molecule has 0 spiro atoms. The lowest BCUT2D eigenvalue weighted by molar-refractivity contribution is -0.135. The van der Waals surface area contributed by atoms with Gasteiger partial charge >= 0.3 is 0 Å². The van der Waals surface area contributed by atoms with Gasteiger partial charge in [-0.1, -0.05) is 23.7 Å². The predicted octanol–water partition coefficient (Wildman–Crippen LogP) is 3.45. The SMILES string of the molecule is CC(C)N1CCC(c2ccc(Cl)cc2)CC1=O. The fourth-order valence-electron chi connectivity index (χ4n) is 2.42. The van der Waals surface area contributed by atoms with Gasteiger partial charge in [0.15, 0.2) is 0 Å². The highest BCUT2D eigenvalue weighted by molar-refractivity contribution is 6.30.